The number of hydrogen-bond acceptors (Lipinski definition) is 4. The first kappa shape index (κ1) is 19.4. The van der Waals surface area contributed by atoms with Gasteiger partial charge in [0, 0.05) is 18.3 Å². The molecule has 1 N–H and O–H groups in total. The van der Waals surface area contributed by atoms with E-state index in [1.54, 1.807) is 61.5 Å². The fraction of sp³-hybridized carbons (Fsp3) is 0.0952. The Labute approximate surface area is 164 Å². The van der Waals surface area contributed by atoms with E-state index < -0.39 is 10.0 Å². The molecule has 0 atom stereocenters. The van der Waals surface area contributed by atoms with Crippen molar-refractivity contribution in [2.45, 2.75) is 11.8 Å². The van der Waals surface area contributed by atoms with Crippen molar-refractivity contribution in [1.82, 2.24) is 0 Å². The van der Waals surface area contributed by atoms with Crippen LogP contribution in [0.5, 0.6) is 0 Å². The number of carbonyl (C=O) groups is 1. The van der Waals surface area contributed by atoms with Gasteiger partial charge in [-0.15, -0.1) is 0 Å². The molecule has 0 saturated heterocycles. The number of anilines is 2. The van der Waals surface area contributed by atoms with Crippen molar-refractivity contribution < 1.29 is 17.6 Å². The van der Waals surface area contributed by atoms with Crippen LogP contribution in [0, 0.1) is 0 Å². The van der Waals surface area contributed by atoms with Crippen LogP contribution in [0.25, 0.3) is 6.08 Å². The number of benzene rings is 2. The van der Waals surface area contributed by atoms with E-state index in [1.807, 2.05) is 6.07 Å². The van der Waals surface area contributed by atoms with Gasteiger partial charge >= 0.3 is 0 Å². The van der Waals surface area contributed by atoms with Gasteiger partial charge in [0.25, 0.3) is 10.0 Å². The third-order valence-corrected chi connectivity index (χ3v) is 5.90. The van der Waals surface area contributed by atoms with Crippen molar-refractivity contribution in [3.63, 3.8) is 0 Å². The lowest BCUT2D eigenvalue weighted by molar-refractivity contribution is -0.111. The summed E-state index contributed by atoms with van der Waals surface area (Å²) in [6, 6.07) is 18.5. The van der Waals surface area contributed by atoms with Gasteiger partial charge in [0.1, 0.15) is 5.76 Å². The number of hydrogen-bond donors (Lipinski definition) is 1. The van der Waals surface area contributed by atoms with Crippen LogP contribution in [0.1, 0.15) is 12.7 Å². The lowest BCUT2D eigenvalue weighted by Crippen LogP contribution is -2.30. The van der Waals surface area contributed by atoms with Gasteiger partial charge < -0.3 is 9.73 Å². The van der Waals surface area contributed by atoms with Crippen molar-refractivity contribution in [3.8, 4) is 0 Å². The summed E-state index contributed by atoms with van der Waals surface area (Å²) in [7, 11) is -3.70. The highest BCUT2D eigenvalue weighted by Crippen LogP contribution is 2.24. The highest BCUT2D eigenvalue weighted by atomic mass is 32.2. The molecule has 0 saturated carbocycles. The van der Waals surface area contributed by atoms with E-state index in [9.17, 15) is 13.2 Å². The van der Waals surface area contributed by atoms with E-state index in [1.165, 1.54) is 28.8 Å². The summed E-state index contributed by atoms with van der Waals surface area (Å²) >= 11 is 0. The summed E-state index contributed by atoms with van der Waals surface area (Å²) in [6.45, 7) is 2.09. The van der Waals surface area contributed by atoms with Gasteiger partial charge in [0.2, 0.25) is 5.91 Å². The molecule has 0 unspecified atom stereocenters. The molecule has 3 rings (SSSR count). The zero-order valence-electron chi connectivity index (χ0n) is 15.3. The molecular weight excluding hydrogens is 376 g/mol. The van der Waals surface area contributed by atoms with Crippen LogP contribution in [-0.2, 0) is 14.8 Å². The predicted octanol–water partition coefficient (Wildman–Crippen LogP) is 4.15. The Morgan fingerprint density at radius 2 is 1.75 bits per heavy atom. The Hall–Kier alpha value is -3.32. The Morgan fingerprint density at radius 3 is 2.36 bits per heavy atom. The number of rotatable bonds is 7. The molecule has 2 aromatic carbocycles. The van der Waals surface area contributed by atoms with Crippen LogP contribution in [0.3, 0.4) is 0 Å². The maximum absolute atomic E-state index is 12.9. The van der Waals surface area contributed by atoms with E-state index in [2.05, 4.69) is 5.32 Å². The minimum atomic E-state index is -3.70. The molecule has 1 amide bonds. The van der Waals surface area contributed by atoms with Gasteiger partial charge in [0.05, 0.1) is 16.8 Å². The van der Waals surface area contributed by atoms with Gasteiger partial charge in [0.15, 0.2) is 0 Å². The smallest absolute Gasteiger partial charge is 0.264 e. The Balaban J connectivity index is 1.73. The van der Waals surface area contributed by atoms with Gasteiger partial charge in [-0.3, -0.25) is 9.10 Å². The number of amides is 1. The molecule has 3 aromatic rings. The van der Waals surface area contributed by atoms with E-state index in [4.69, 9.17) is 4.42 Å². The van der Waals surface area contributed by atoms with Crippen LogP contribution >= 0.6 is 0 Å². The number of nitrogens with one attached hydrogen (secondary N) is 1. The maximum atomic E-state index is 12.9. The van der Waals surface area contributed by atoms with Crippen molar-refractivity contribution in [2.24, 2.45) is 0 Å². The van der Waals surface area contributed by atoms with E-state index in [-0.39, 0.29) is 10.8 Å². The van der Waals surface area contributed by atoms with Gasteiger partial charge in [-0.2, -0.15) is 0 Å². The van der Waals surface area contributed by atoms with Gasteiger partial charge in [-0.1, -0.05) is 18.2 Å². The molecule has 0 fully saturated rings. The third-order valence-electron chi connectivity index (χ3n) is 3.98. The SMILES string of the molecule is CCN(c1ccccc1)S(=O)(=O)c1ccc(NC(=O)C=Cc2ccco2)cc1. The molecule has 0 aliphatic rings. The van der Waals surface area contributed by atoms with E-state index in [0.717, 1.165) is 0 Å². The molecule has 144 valence electrons. The first-order valence-corrected chi connectivity index (χ1v) is 10.1. The molecule has 0 aliphatic carbocycles. The first-order valence-electron chi connectivity index (χ1n) is 8.71. The molecular formula is C21H20N2O4S. The number of sulfonamides is 1. The molecule has 1 aromatic heterocycles. The van der Waals surface area contributed by atoms with Crippen molar-refractivity contribution >= 4 is 33.4 Å². The molecule has 7 heteroatoms. The largest absolute Gasteiger partial charge is 0.465 e. The average Bonchev–Trinajstić information content (AvgIpc) is 3.22. The molecule has 0 bridgehead atoms. The zero-order chi connectivity index (χ0) is 20.0. The Kier molecular flexibility index (Phi) is 5.96. The third kappa shape index (κ3) is 4.50. The number of carbonyl (C=O) groups excluding carboxylic acids is 1. The van der Waals surface area contributed by atoms with Crippen molar-refractivity contribution in [2.75, 3.05) is 16.2 Å². The topological polar surface area (TPSA) is 79.6 Å². The maximum Gasteiger partial charge on any atom is 0.264 e. The summed E-state index contributed by atoms with van der Waals surface area (Å²) in [5.41, 5.74) is 1.10. The minimum Gasteiger partial charge on any atom is -0.465 e. The van der Waals surface area contributed by atoms with Crippen LogP contribution in [0.4, 0.5) is 11.4 Å². The molecule has 0 aliphatic heterocycles. The van der Waals surface area contributed by atoms with Crippen LogP contribution in [0.2, 0.25) is 0 Å². The number of nitrogens with zero attached hydrogens (tertiary/aromatic N) is 1. The highest BCUT2D eigenvalue weighted by molar-refractivity contribution is 7.92. The summed E-state index contributed by atoms with van der Waals surface area (Å²) in [4.78, 5) is 12.1. The van der Waals surface area contributed by atoms with Crippen LogP contribution < -0.4 is 9.62 Å². The van der Waals surface area contributed by atoms with Gasteiger partial charge in [-0.25, -0.2) is 8.42 Å². The number of furan rings is 1. The fourth-order valence-corrected chi connectivity index (χ4v) is 4.12. The van der Waals surface area contributed by atoms with Crippen molar-refractivity contribution in [1.29, 1.82) is 0 Å². The summed E-state index contributed by atoms with van der Waals surface area (Å²) in [5.74, 6) is 0.226. The first-order chi connectivity index (χ1) is 13.5. The average molecular weight is 396 g/mol. The molecule has 0 radical (unpaired) electrons. The molecule has 28 heavy (non-hydrogen) atoms. The normalized spacial score (nSPS) is 11.5. The van der Waals surface area contributed by atoms with Crippen LogP contribution in [0.15, 0.2) is 88.4 Å². The standard InChI is InChI=1S/C21H20N2O4S/c1-2-23(18-7-4-3-5-8-18)28(25,26)20-13-10-17(11-14-20)22-21(24)15-12-19-9-6-16-27-19/h3-16H,2H2,1H3,(H,22,24). The lowest BCUT2D eigenvalue weighted by Gasteiger charge is -2.23. The van der Waals surface area contributed by atoms with Crippen LogP contribution in [-0.4, -0.2) is 20.9 Å². The number of para-hydroxylation sites is 1. The quantitative estimate of drug-likeness (QED) is 0.609. The zero-order valence-corrected chi connectivity index (χ0v) is 16.1. The Morgan fingerprint density at radius 1 is 1.04 bits per heavy atom. The van der Waals surface area contributed by atoms with Crippen molar-refractivity contribution in [3.05, 3.63) is 84.8 Å². The lowest BCUT2D eigenvalue weighted by atomic mass is 10.3. The second-order valence-corrected chi connectivity index (χ2v) is 7.73. The molecule has 1 heterocycles. The Bertz CT molecular complexity index is 1040. The fourth-order valence-electron chi connectivity index (χ4n) is 2.65. The predicted molar refractivity (Wildman–Crippen MR) is 109 cm³/mol. The monoisotopic (exact) mass is 396 g/mol. The highest BCUT2D eigenvalue weighted by Gasteiger charge is 2.23. The summed E-state index contributed by atoms with van der Waals surface area (Å²) in [6.07, 6.45) is 4.41. The molecule has 0 spiro atoms. The summed E-state index contributed by atoms with van der Waals surface area (Å²) < 4.78 is 32.4. The second-order valence-electron chi connectivity index (χ2n) is 5.87. The van der Waals surface area contributed by atoms with Gasteiger partial charge in [-0.05, 0) is 61.5 Å². The summed E-state index contributed by atoms with van der Waals surface area (Å²) in [5, 5.41) is 2.68. The van der Waals surface area contributed by atoms with E-state index >= 15 is 0 Å². The molecule has 6 nitrogen and oxygen atoms in total. The van der Waals surface area contributed by atoms with E-state index in [0.29, 0.717) is 23.7 Å². The second kappa shape index (κ2) is 8.58. The minimum absolute atomic E-state index is 0.155.